The predicted octanol–water partition coefficient (Wildman–Crippen LogP) is 2.39. The van der Waals surface area contributed by atoms with Crippen LogP contribution in [0.4, 0.5) is 13.2 Å². The molecule has 0 bridgehead atoms. The van der Waals surface area contributed by atoms with Crippen molar-refractivity contribution in [3.8, 4) is 11.5 Å². The Labute approximate surface area is 93.6 Å². The van der Waals surface area contributed by atoms with Crippen molar-refractivity contribution in [1.29, 1.82) is 0 Å². The van der Waals surface area contributed by atoms with Crippen LogP contribution in [0.25, 0.3) is 6.08 Å². The Balaban J connectivity index is 3.03. The number of phenolic OH excluding ortho intramolecular Hbond substituents is 1. The van der Waals surface area contributed by atoms with Gasteiger partial charge >= 0.3 is 12.3 Å². The molecule has 0 amide bonds. The predicted molar refractivity (Wildman–Crippen MR) is 51.5 cm³/mol. The smallest absolute Gasteiger partial charge is 0.504 e. The number of hydrogen-bond donors (Lipinski definition) is 2. The molecule has 0 aliphatic carbocycles. The van der Waals surface area contributed by atoms with Gasteiger partial charge < -0.3 is 14.9 Å². The van der Waals surface area contributed by atoms with Gasteiger partial charge in [-0.1, -0.05) is 12.1 Å². The highest BCUT2D eigenvalue weighted by Crippen LogP contribution is 2.34. The second-order valence-electron chi connectivity index (χ2n) is 2.91. The highest BCUT2D eigenvalue weighted by molar-refractivity contribution is 5.86. The molecule has 0 saturated carbocycles. The highest BCUT2D eigenvalue weighted by Gasteiger charge is 2.32. The van der Waals surface area contributed by atoms with Crippen LogP contribution in [-0.4, -0.2) is 22.5 Å². The Morgan fingerprint density at radius 1 is 1.35 bits per heavy atom. The van der Waals surface area contributed by atoms with Crippen LogP contribution in [0.1, 0.15) is 5.56 Å². The van der Waals surface area contributed by atoms with Crippen molar-refractivity contribution in [3.05, 3.63) is 29.8 Å². The van der Waals surface area contributed by atoms with Crippen LogP contribution >= 0.6 is 0 Å². The van der Waals surface area contributed by atoms with Gasteiger partial charge in [0.2, 0.25) is 0 Å². The van der Waals surface area contributed by atoms with Crippen LogP contribution < -0.4 is 4.74 Å². The van der Waals surface area contributed by atoms with Crippen molar-refractivity contribution in [3.63, 3.8) is 0 Å². The maximum absolute atomic E-state index is 11.9. The molecule has 92 valence electrons. The van der Waals surface area contributed by atoms with E-state index in [-0.39, 0.29) is 5.56 Å². The summed E-state index contributed by atoms with van der Waals surface area (Å²) in [6.45, 7) is 0. The van der Waals surface area contributed by atoms with Crippen LogP contribution in [0, 0.1) is 0 Å². The van der Waals surface area contributed by atoms with Crippen molar-refractivity contribution in [2.75, 3.05) is 0 Å². The van der Waals surface area contributed by atoms with Gasteiger partial charge in [-0.2, -0.15) is 0 Å². The van der Waals surface area contributed by atoms with Crippen LogP contribution in [0.3, 0.4) is 0 Å². The Bertz CT molecular complexity index is 451. The number of carbonyl (C=O) groups is 1. The third-order valence-corrected chi connectivity index (χ3v) is 1.66. The van der Waals surface area contributed by atoms with Gasteiger partial charge in [-0.25, -0.2) is 4.79 Å². The first-order valence-corrected chi connectivity index (χ1v) is 4.28. The monoisotopic (exact) mass is 248 g/mol. The van der Waals surface area contributed by atoms with E-state index < -0.39 is 23.8 Å². The van der Waals surface area contributed by atoms with E-state index in [1.54, 1.807) is 0 Å². The number of aromatic hydroxyl groups is 1. The third kappa shape index (κ3) is 4.06. The van der Waals surface area contributed by atoms with Gasteiger partial charge in [-0.3, -0.25) is 0 Å². The molecule has 0 aliphatic heterocycles. The Morgan fingerprint density at radius 2 is 2.00 bits per heavy atom. The molecule has 0 spiro atoms. The summed E-state index contributed by atoms with van der Waals surface area (Å²) in [4.78, 5) is 10.2. The summed E-state index contributed by atoms with van der Waals surface area (Å²) < 4.78 is 39.3. The molecule has 2 N–H and O–H groups in total. The van der Waals surface area contributed by atoms with Crippen LogP contribution in [0.5, 0.6) is 11.5 Å². The van der Waals surface area contributed by atoms with Gasteiger partial charge in [0.1, 0.15) is 0 Å². The quantitative estimate of drug-likeness (QED) is 0.806. The summed E-state index contributed by atoms with van der Waals surface area (Å²) in [5.41, 5.74) is -0.0887. The van der Waals surface area contributed by atoms with Crippen LogP contribution in [0.15, 0.2) is 24.3 Å². The summed E-state index contributed by atoms with van der Waals surface area (Å²) in [7, 11) is 0. The van der Waals surface area contributed by atoms with Gasteiger partial charge in [0.25, 0.3) is 0 Å². The summed E-state index contributed by atoms with van der Waals surface area (Å²) in [5, 5.41) is 17.7. The molecule has 1 rings (SSSR count). The molecule has 1 aromatic carbocycles. The molecule has 0 fully saturated rings. The zero-order chi connectivity index (χ0) is 13.1. The molecule has 0 radical (unpaired) electrons. The van der Waals surface area contributed by atoms with Crippen LogP contribution in [-0.2, 0) is 4.79 Å². The van der Waals surface area contributed by atoms with Crippen LogP contribution in [0.2, 0.25) is 0 Å². The molecule has 0 atom stereocenters. The van der Waals surface area contributed by atoms with Gasteiger partial charge in [-0.05, 0) is 12.1 Å². The lowest BCUT2D eigenvalue weighted by Crippen LogP contribution is -2.17. The van der Waals surface area contributed by atoms with E-state index in [1.807, 2.05) is 0 Å². The molecule has 0 heterocycles. The van der Waals surface area contributed by atoms with Crippen molar-refractivity contribution >= 4 is 12.0 Å². The molecule has 0 unspecified atom stereocenters. The van der Waals surface area contributed by atoms with Crippen molar-refractivity contribution in [2.24, 2.45) is 0 Å². The minimum Gasteiger partial charge on any atom is -0.504 e. The van der Waals surface area contributed by atoms with Gasteiger partial charge in [0.15, 0.2) is 11.5 Å². The number of aliphatic carboxylic acids is 1. The molecular formula is C10H7F3O4. The largest absolute Gasteiger partial charge is 0.573 e. The maximum atomic E-state index is 11.9. The second-order valence-corrected chi connectivity index (χ2v) is 2.91. The number of carboxylic acids is 1. The minimum absolute atomic E-state index is 0.0887. The lowest BCUT2D eigenvalue weighted by Gasteiger charge is -2.11. The van der Waals surface area contributed by atoms with Gasteiger partial charge in [-0.15, -0.1) is 13.2 Å². The Kier molecular flexibility index (Phi) is 3.62. The molecular weight excluding hydrogens is 241 g/mol. The fraction of sp³-hybridized carbons (Fsp3) is 0.100. The molecule has 0 aromatic heterocycles. The fourth-order valence-corrected chi connectivity index (χ4v) is 1.04. The number of halogens is 3. The summed E-state index contributed by atoms with van der Waals surface area (Å²) in [5.74, 6) is -2.85. The number of ether oxygens (including phenoxy) is 1. The van der Waals surface area contributed by atoms with E-state index in [1.165, 1.54) is 12.1 Å². The summed E-state index contributed by atoms with van der Waals surface area (Å²) >= 11 is 0. The average molecular weight is 248 g/mol. The Hall–Kier alpha value is -2.18. The normalized spacial score (nSPS) is 11.7. The first-order chi connectivity index (χ1) is 7.79. The number of rotatable bonds is 3. The average Bonchev–Trinajstić information content (AvgIpc) is 2.17. The number of hydrogen-bond acceptors (Lipinski definition) is 3. The molecule has 0 aliphatic rings. The zero-order valence-electron chi connectivity index (χ0n) is 8.23. The fourth-order valence-electron chi connectivity index (χ4n) is 1.04. The topological polar surface area (TPSA) is 66.8 Å². The first kappa shape index (κ1) is 12.9. The van der Waals surface area contributed by atoms with Gasteiger partial charge in [0.05, 0.1) is 0 Å². The number of alkyl halides is 3. The summed E-state index contributed by atoms with van der Waals surface area (Å²) in [6, 6.07) is 3.36. The lowest BCUT2D eigenvalue weighted by molar-refractivity contribution is -0.275. The second kappa shape index (κ2) is 4.77. The third-order valence-electron chi connectivity index (χ3n) is 1.66. The number of benzene rings is 1. The number of phenols is 1. The Morgan fingerprint density at radius 3 is 2.53 bits per heavy atom. The molecule has 7 heteroatoms. The van der Waals surface area contributed by atoms with Gasteiger partial charge in [0, 0.05) is 11.6 Å². The summed E-state index contributed by atoms with van der Waals surface area (Å²) in [6.07, 6.45) is -3.28. The zero-order valence-corrected chi connectivity index (χ0v) is 8.23. The number of carboxylic acid groups (broad SMARTS) is 1. The number of para-hydroxylation sites is 1. The minimum atomic E-state index is -4.92. The van der Waals surface area contributed by atoms with E-state index in [2.05, 4.69) is 4.74 Å². The SMILES string of the molecule is O=C(O)/C=C/c1cccc(OC(F)(F)F)c1O. The molecule has 17 heavy (non-hydrogen) atoms. The lowest BCUT2D eigenvalue weighted by atomic mass is 10.1. The highest BCUT2D eigenvalue weighted by atomic mass is 19.4. The van der Waals surface area contributed by atoms with Crippen molar-refractivity contribution < 1.29 is 32.9 Å². The van der Waals surface area contributed by atoms with E-state index in [0.29, 0.717) is 6.08 Å². The first-order valence-electron chi connectivity index (χ1n) is 4.28. The standard InChI is InChI=1S/C10H7F3O4/c11-10(12,13)17-7-3-1-2-6(9(7)16)4-5-8(14)15/h1-5,16H,(H,14,15)/b5-4+. The maximum Gasteiger partial charge on any atom is 0.573 e. The van der Waals surface area contributed by atoms with Crippen molar-refractivity contribution in [1.82, 2.24) is 0 Å². The van der Waals surface area contributed by atoms with E-state index in [9.17, 15) is 23.1 Å². The molecule has 0 saturated heterocycles. The van der Waals surface area contributed by atoms with Crippen molar-refractivity contribution in [2.45, 2.75) is 6.36 Å². The molecule has 1 aromatic rings. The molecule has 4 nitrogen and oxygen atoms in total. The van der Waals surface area contributed by atoms with E-state index in [0.717, 1.165) is 12.1 Å². The van der Waals surface area contributed by atoms with E-state index in [4.69, 9.17) is 5.11 Å². The van der Waals surface area contributed by atoms with E-state index >= 15 is 0 Å².